The Morgan fingerprint density at radius 3 is 2.90 bits per heavy atom. The van der Waals surface area contributed by atoms with Gasteiger partial charge in [-0.15, -0.1) is 0 Å². The molecule has 0 saturated heterocycles. The van der Waals surface area contributed by atoms with E-state index in [0.717, 1.165) is 42.0 Å². The number of unbranched alkanes of at least 4 members (excludes halogenated alkanes) is 1. The van der Waals surface area contributed by atoms with Crippen LogP contribution in [0.2, 0.25) is 0 Å². The van der Waals surface area contributed by atoms with Gasteiger partial charge in [0.2, 0.25) is 0 Å². The van der Waals surface area contributed by atoms with E-state index in [4.69, 9.17) is 4.74 Å². The van der Waals surface area contributed by atoms with Gasteiger partial charge < -0.3 is 15.4 Å². The summed E-state index contributed by atoms with van der Waals surface area (Å²) in [4.78, 5) is 4.45. The molecule has 20 heavy (non-hydrogen) atoms. The molecule has 0 unspecified atom stereocenters. The van der Waals surface area contributed by atoms with Crippen molar-refractivity contribution in [2.45, 2.75) is 19.8 Å². The third-order valence-corrected chi connectivity index (χ3v) is 3.24. The zero-order chi connectivity index (χ0) is 14.2. The molecule has 0 aliphatic rings. The molecule has 2 N–H and O–H groups in total. The van der Waals surface area contributed by atoms with Crippen molar-refractivity contribution in [3.8, 4) is 5.75 Å². The van der Waals surface area contributed by atoms with Crippen LogP contribution in [0.3, 0.4) is 0 Å². The molecular weight excluding hydrogens is 250 g/mol. The molecule has 0 radical (unpaired) electrons. The molecule has 1 aromatic heterocycles. The molecule has 1 aromatic carbocycles. The summed E-state index contributed by atoms with van der Waals surface area (Å²) in [6.07, 6.45) is 4.27. The minimum atomic E-state index is 0.854. The third kappa shape index (κ3) is 3.84. The lowest BCUT2D eigenvalue weighted by atomic mass is 10.2. The van der Waals surface area contributed by atoms with E-state index in [1.807, 2.05) is 24.4 Å². The molecule has 108 valence electrons. The summed E-state index contributed by atoms with van der Waals surface area (Å²) in [5.74, 6) is 0.854. The van der Waals surface area contributed by atoms with Gasteiger partial charge in [0.15, 0.2) is 0 Å². The second-order valence-corrected chi connectivity index (χ2v) is 4.78. The van der Waals surface area contributed by atoms with E-state index in [9.17, 15) is 0 Å². The molecular formula is C16H23N3O. The first kappa shape index (κ1) is 14.6. The minimum absolute atomic E-state index is 0.854. The molecule has 0 bridgehead atoms. The quantitative estimate of drug-likeness (QED) is 0.726. The van der Waals surface area contributed by atoms with Crippen LogP contribution in [-0.4, -0.2) is 31.7 Å². The fourth-order valence-corrected chi connectivity index (χ4v) is 2.13. The highest BCUT2D eigenvalue weighted by atomic mass is 16.5. The van der Waals surface area contributed by atoms with Crippen molar-refractivity contribution < 1.29 is 4.74 Å². The monoisotopic (exact) mass is 273 g/mol. The number of ether oxygens (including phenoxy) is 1. The Balaban J connectivity index is 2.01. The Kier molecular flexibility index (Phi) is 5.62. The second kappa shape index (κ2) is 7.70. The number of hydrogen-bond donors (Lipinski definition) is 2. The standard InChI is InChI=1S/C16H23N3O/c1-3-4-7-17-9-10-18-15-12-14(20-2)11-13-6-5-8-19-16(13)15/h5-6,8,11-12,17-18H,3-4,7,9-10H2,1-2H3. The maximum absolute atomic E-state index is 5.34. The molecule has 0 atom stereocenters. The number of fused-ring (bicyclic) bond motifs is 1. The van der Waals surface area contributed by atoms with Gasteiger partial charge in [0.25, 0.3) is 0 Å². The number of aromatic nitrogens is 1. The summed E-state index contributed by atoms with van der Waals surface area (Å²) in [5.41, 5.74) is 2.01. The molecule has 0 saturated carbocycles. The van der Waals surface area contributed by atoms with Crippen LogP contribution < -0.4 is 15.4 Å². The van der Waals surface area contributed by atoms with E-state index in [0.29, 0.717) is 0 Å². The fraction of sp³-hybridized carbons (Fsp3) is 0.438. The van der Waals surface area contributed by atoms with Gasteiger partial charge in [-0.1, -0.05) is 19.4 Å². The van der Waals surface area contributed by atoms with E-state index < -0.39 is 0 Å². The topological polar surface area (TPSA) is 46.2 Å². The van der Waals surface area contributed by atoms with E-state index in [2.05, 4.69) is 28.6 Å². The Hall–Kier alpha value is -1.81. The van der Waals surface area contributed by atoms with Crippen molar-refractivity contribution >= 4 is 16.6 Å². The van der Waals surface area contributed by atoms with Crippen molar-refractivity contribution in [3.05, 3.63) is 30.5 Å². The highest BCUT2D eigenvalue weighted by Gasteiger charge is 2.04. The second-order valence-electron chi connectivity index (χ2n) is 4.78. The maximum atomic E-state index is 5.34. The predicted molar refractivity (Wildman–Crippen MR) is 84.6 cm³/mol. The normalized spacial score (nSPS) is 10.7. The number of methoxy groups -OCH3 is 1. The largest absolute Gasteiger partial charge is 0.497 e. The maximum Gasteiger partial charge on any atom is 0.121 e. The summed E-state index contributed by atoms with van der Waals surface area (Å²) in [7, 11) is 1.69. The van der Waals surface area contributed by atoms with Crippen molar-refractivity contribution in [2.75, 3.05) is 32.1 Å². The van der Waals surface area contributed by atoms with E-state index in [-0.39, 0.29) is 0 Å². The number of benzene rings is 1. The Morgan fingerprint density at radius 2 is 2.10 bits per heavy atom. The van der Waals surface area contributed by atoms with Gasteiger partial charge in [-0.25, -0.2) is 0 Å². The first-order valence-corrected chi connectivity index (χ1v) is 7.22. The van der Waals surface area contributed by atoms with E-state index >= 15 is 0 Å². The van der Waals surface area contributed by atoms with E-state index in [1.54, 1.807) is 7.11 Å². The Labute approximate surface area is 120 Å². The van der Waals surface area contributed by atoms with Crippen LogP contribution in [-0.2, 0) is 0 Å². The van der Waals surface area contributed by atoms with Gasteiger partial charge in [0.1, 0.15) is 5.75 Å². The minimum Gasteiger partial charge on any atom is -0.497 e. The average Bonchev–Trinajstić information content (AvgIpc) is 2.50. The zero-order valence-corrected chi connectivity index (χ0v) is 12.3. The highest BCUT2D eigenvalue weighted by Crippen LogP contribution is 2.27. The van der Waals surface area contributed by atoms with Crippen LogP contribution in [0.4, 0.5) is 5.69 Å². The van der Waals surface area contributed by atoms with Crippen LogP contribution in [0, 0.1) is 0 Å². The van der Waals surface area contributed by atoms with Crippen molar-refractivity contribution in [1.82, 2.24) is 10.3 Å². The van der Waals surface area contributed by atoms with Crippen molar-refractivity contribution in [1.29, 1.82) is 0 Å². The molecule has 0 aliphatic carbocycles. The average molecular weight is 273 g/mol. The first-order chi connectivity index (χ1) is 9.85. The molecule has 4 heteroatoms. The molecule has 0 spiro atoms. The van der Waals surface area contributed by atoms with Crippen LogP contribution in [0.15, 0.2) is 30.5 Å². The van der Waals surface area contributed by atoms with E-state index in [1.165, 1.54) is 12.8 Å². The molecule has 4 nitrogen and oxygen atoms in total. The van der Waals surface area contributed by atoms with Crippen LogP contribution in [0.1, 0.15) is 19.8 Å². The van der Waals surface area contributed by atoms with Gasteiger partial charge in [-0.05, 0) is 25.1 Å². The summed E-state index contributed by atoms with van der Waals surface area (Å²) in [6.45, 7) is 5.11. The number of nitrogens with zero attached hydrogens (tertiary/aromatic N) is 1. The van der Waals surface area contributed by atoms with Crippen LogP contribution >= 0.6 is 0 Å². The zero-order valence-electron chi connectivity index (χ0n) is 12.3. The number of anilines is 1. The summed E-state index contributed by atoms with van der Waals surface area (Å²) >= 11 is 0. The Morgan fingerprint density at radius 1 is 1.20 bits per heavy atom. The number of pyridine rings is 1. The SMILES string of the molecule is CCCCNCCNc1cc(OC)cc2cccnc12. The molecule has 0 amide bonds. The lowest BCUT2D eigenvalue weighted by Crippen LogP contribution is -2.23. The lowest BCUT2D eigenvalue weighted by Gasteiger charge is -2.11. The van der Waals surface area contributed by atoms with Gasteiger partial charge in [0.05, 0.1) is 18.3 Å². The number of hydrogen-bond acceptors (Lipinski definition) is 4. The van der Waals surface area contributed by atoms with Gasteiger partial charge >= 0.3 is 0 Å². The fourth-order valence-electron chi connectivity index (χ4n) is 2.13. The molecule has 1 heterocycles. The van der Waals surface area contributed by atoms with Gasteiger partial charge in [0, 0.05) is 30.7 Å². The van der Waals surface area contributed by atoms with Crippen LogP contribution in [0.25, 0.3) is 10.9 Å². The Bertz CT molecular complexity index is 542. The molecule has 2 aromatic rings. The molecule has 0 fully saturated rings. The van der Waals surface area contributed by atoms with Gasteiger partial charge in [-0.3, -0.25) is 4.98 Å². The highest BCUT2D eigenvalue weighted by molar-refractivity contribution is 5.91. The molecule has 0 aliphatic heterocycles. The third-order valence-electron chi connectivity index (χ3n) is 3.24. The summed E-state index contributed by atoms with van der Waals surface area (Å²) < 4.78 is 5.34. The first-order valence-electron chi connectivity index (χ1n) is 7.22. The summed E-state index contributed by atoms with van der Waals surface area (Å²) in [6, 6.07) is 8.00. The number of nitrogens with one attached hydrogen (secondary N) is 2. The van der Waals surface area contributed by atoms with Gasteiger partial charge in [-0.2, -0.15) is 0 Å². The summed E-state index contributed by atoms with van der Waals surface area (Å²) in [5, 5.41) is 7.94. The molecule has 2 rings (SSSR count). The lowest BCUT2D eigenvalue weighted by molar-refractivity contribution is 0.415. The smallest absolute Gasteiger partial charge is 0.121 e. The van der Waals surface area contributed by atoms with Crippen molar-refractivity contribution in [3.63, 3.8) is 0 Å². The van der Waals surface area contributed by atoms with Crippen LogP contribution in [0.5, 0.6) is 5.75 Å². The number of rotatable bonds is 8. The van der Waals surface area contributed by atoms with Crippen molar-refractivity contribution in [2.24, 2.45) is 0 Å². The predicted octanol–water partition coefficient (Wildman–Crippen LogP) is 3.05.